The Morgan fingerprint density at radius 2 is 1.88 bits per heavy atom. The van der Waals surface area contributed by atoms with Gasteiger partial charge in [0.25, 0.3) is 0 Å². The summed E-state index contributed by atoms with van der Waals surface area (Å²) in [7, 11) is 0. The van der Waals surface area contributed by atoms with Gasteiger partial charge in [-0.25, -0.2) is 0 Å². The summed E-state index contributed by atoms with van der Waals surface area (Å²) in [6.07, 6.45) is 1.86. The van der Waals surface area contributed by atoms with Crippen LogP contribution in [0.1, 0.15) is 5.56 Å². The predicted octanol–water partition coefficient (Wildman–Crippen LogP) is 3.79. The maximum atomic E-state index is 4.55. The molecule has 0 spiro atoms. The highest BCUT2D eigenvalue weighted by molar-refractivity contribution is 7.78. The molecular formula is C13H10N2S. The Hall–Kier alpha value is -1.83. The Labute approximate surface area is 99.7 Å². The first-order valence-electron chi connectivity index (χ1n) is 4.90. The van der Waals surface area contributed by atoms with Crippen LogP contribution >= 0.6 is 12.2 Å². The molecule has 2 nitrogen and oxygen atoms in total. The molecule has 0 aliphatic carbocycles. The number of thiocarbonyl (C=S) groups is 1. The van der Waals surface area contributed by atoms with Crippen molar-refractivity contribution < 1.29 is 0 Å². The van der Waals surface area contributed by atoms with Crippen molar-refractivity contribution in [3.05, 3.63) is 48.2 Å². The van der Waals surface area contributed by atoms with Gasteiger partial charge in [0.1, 0.15) is 0 Å². The van der Waals surface area contributed by atoms with Crippen molar-refractivity contribution in [3.63, 3.8) is 0 Å². The summed E-state index contributed by atoms with van der Waals surface area (Å²) in [5.74, 6) is 0. The Morgan fingerprint density at radius 3 is 2.44 bits per heavy atom. The van der Waals surface area contributed by atoms with Gasteiger partial charge in [0.05, 0.1) is 16.5 Å². The van der Waals surface area contributed by atoms with Gasteiger partial charge in [-0.3, -0.25) is 4.98 Å². The molecule has 0 radical (unpaired) electrons. The van der Waals surface area contributed by atoms with Crippen molar-refractivity contribution in [2.24, 2.45) is 4.99 Å². The number of pyridine rings is 1. The maximum absolute atomic E-state index is 4.55. The van der Waals surface area contributed by atoms with Crippen LogP contribution in [0.4, 0.5) is 5.69 Å². The molecule has 0 aliphatic heterocycles. The number of aromatic nitrogens is 1. The second-order valence-electron chi connectivity index (χ2n) is 3.47. The lowest BCUT2D eigenvalue weighted by Gasteiger charge is -2.01. The fraction of sp³-hybridized carbons (Fsp3) is 0.0769. The standard InChI is InChI=1S/C13H10N2S/c1-10-2-7-13(14-8-10)11-3-5-12(6-4-11)15-9-16/h2-8H,1H3. The monoisotopic (exact) mass is 226 g/mol. The molecule has 0 atom stereocenters. The van der Waals surface area contributed by atoms with Crippen molar-refractivity contribution in [1.29, 1.82) is 0 Å². The van der Waals surface area contributed by atoms with Crippen LogP contribution in [0.15, 0.2) is 47.6 Å². The zero-order valence-corrected chi connectivity index (χ0v) is 9.66. The molecule has 2 rings (SSSR count). The van der Waals surface area contributed by atoms with Crippen molar-refractivity contribution in [3.8, 4) is 11.3 Å². The van der Waals surface area contributed by atoms with Crippen LogP contribution < -0.4 is 0 Å². The molecule has 0 N–H and O–H groups in total. The third-order valence-electron chi connectivity index (χ3n) is 2.25. The molecule has 0 saturated carbocycles. The van der Waals surface area contributed by atoms with Crippen LogP contribution in [0.25, 0.3) is 11.3 Å². The lowest BCUT2D eigenvalue weighted by molar-refractivity contribution is 1.27. The number of aryl methyl sites for hydroxylation is 1. The van der Waals surface area contributed by atoms with Gasteiger partial charge in [0.15, 0.2) is 0 Å². The lowest BCUT2D eigenvalue weighted by Crippen LogP contribution is -1.83. The first-order chi connectivity index (χ1) is 7.79. The quantitative estimate of drug-likeness (QED) is 0.575. The Morgan fingerprint density at radius 1 is 1.12 bits per heavy atom. The summed E-state index contributed by atoms with van der Waals surface area (Å²) >= 11 is 4.55. The summed E-state index contributed by atoms with van der Waals surface area (Å²) in [5, 5.41) is 2.34. The van der Waals surface area contributed by atoms with Crippen molar-refractivity contribution in [2.75, 3.05) is 0 Å². The molecule has 0 saturated heterocycles. The fourth-order valence-electron chi connectivity index (χ4n) is 1.40. The number of hydrogen-bond acceptors (Lipinski definition) is 3. The minimum absolute atomic E-state index is 0.811. The summed E-state index contributed by atoms with van der Waals surface area (Å²) < 4.78 is 0. The molecule has 0 amide bonds. The van der Waals surface area contributed by atoms with Crippen LogP contribution in [0, 0.1) is 6.92 Å². The first-order valence-corrected chi connectivity index (χ1v) is 5.31. The SMILES string of the molecule is Cc1ccc(-c2ccc(N=C=S)cc2)nc1. The Kier molecular flexibility index (Phi) is 3.20. The summed E-state index contributed by atoms with van der Waals surface area (Å²) in [4.78, 5) is 8.26. The number of isothiocyanates is 1. The van der Waals surface area contributed by atoms with Gasteiger partial charge in [-0.1, -0.05) is 18.2 Å². The second kappa shape index (κ2) is 4.79. The molecule has 16 heavy (non-hydrogen) atoms. The van der Waals surface area contributed by atoms with Crippen LogP contribution in [0.5, 0.6) is 0 Å². The molecular weight excluding hydrogens is 216 g/mol. The van der Waals surface area contributed by atoms with E-state index in [9.17, 15) is 0 Å². The van der Waals surface area contributed by atoms with E-state index in [2.05, 4.69) is 27.4 Å². The van der Waals surface area contributed by atoms with Crippen LogP contribution in [0.2, 0.25) is 0 Å². The Bertz CT molecular complexity index is 523. The molecule has 0 bridgehead atoms. The molecule has 0 fully saturated rings. The summed E-state index contributed by atoms with van der Waals surface area (Å²) in [6.45, 7) is 2.02. The van der Waals surface area contributed by atoms with Gasteiger partial charge in [-0.15, -0.1) is 0 Å². The van der Waals surface area contributed by atoms with Gasteiger partial charge >= 0.3 is 0 Å². The highest BCUT2D eigenvalue weighted by Gasteiger charge is 1.98. The number of nitrogens with zero attached hydrogens (tertiary/aromatic N) is 2. The van der Waals surface area contributed by atoms with E-state index in [1.165, 1.54) is 0 Å². The van der Waals surface area contributed by atoms with Crippen LogP contribution in [0.3, 0.4) is 0 Å². The molecule has 3 heteroatoms. The highest BCUT2D eigenvalue weighted by atomic mass is 32.1. The van der Waals surface area contributed by atoms with E-state index < -0.39 is 0 Å². The zero-order valence-electron chi connectivity index (χ0n) is 8.84. The normalized spacial score (nSPS) is 9.56. The van der Waals surface area contributed by atoms with Crippen LogP contribution in [-0.2, 0) is 0 Å². The van der Waals surface area contributed by atoms with E-state index >= 15 is 0 Å². The van der Waals surface area contributed by atoms with E-state index in [1.54, 1.807) is 0 Å². The van der Waals surface area contributed by atoms with E-state index in [1.807, 2.05) is 49.5 Å². The van der Waals surface area contributed by atoms with E-state index in [0.29, 0.717) is 0 Å². The zero-order chi connectivity index (χ0) is 11.4. The third kappa shape index (κ3) is 2.40. The first kappa shape index (κ1) is 10.7. The van der Waals surface area contributed by atoms with E-state index in [-0.39, 0.29) is 0 Å². The van der Waals surface area contributed by atoms with Crippen molar-refractivity contribution in [1.82, 2.24) is 4.98 Å². The molecule has 1 heterocycles. The molecule has 0 unspecified atom stereocenters. The van der Waals surface area contributed by atoms with Crippen LogP contribution in [-0.4, -0.2) is 10.1 Å². The smallest absolute Gasteiger partial charge is 0.0740 e. The molecule has 78 valence electrons. The molecule has 0 aliphatic rings. The third-order valence-corrected chi connectivity index (χ3v) is 2.34. The minimum Gasteiger partial charge on any atom is -0.256 e. The van der Waals surface area contributed by atoms with Gasteiger partial charge in [0, 0.05) is 11.8 Å². The molecule has 1 aromatic heterocycles. The largest absolute Gasteiger partial charge is 0.256 e. The van der Waals surface area contributed by atoms with Gasteiger partial charge in [0.2, 0.25) is 0 Å². The van der Waals surface area contributed by atoms with E-state index in [4.69, 9.17) is 0 Å². The summed E-state index contributed by atoms with van der Waals surface area (Å²) in [6, 6.07) is 11.8. The van der Waals surface area contributed by atoms with Gasteiger partial charge in [-0.05, 0) is 42.9 Å². The number of rotatable bonds is 2. The molecule has 2 aromatic rings. The van der Waals surface area contributed by atoms with Gasteiger partial charge < -0.3 is 0 Å². The van der Waals surface area contributed by atoms with Crippen molar-refractivity contribution in [2.45, 2.75) is 6.92 Å². The average molecular weight is 226 g/mol. The average Bonchev–Trinajstić information content (AvgIpc) is 2.32. The molecule has 1 aromatic carbocycles. The highest BCUT2D eigenvalue weighted by Crippen LogP contribution is 2.20. The maximum Gasteiger partial charge on any atom is 0.0740 e. The fourth-order valence-corrected chi connectivity index (χ4v) is 1.50. The second-order valence-corrected chi connectivity index (χ2v) is 3.65. The number of benzene rings is 1. The topological polar surface area (TPSA) is 25.2 Å². The van der Waals surface area contributed by atoms with Gasteiger partial charge in [-0.2, -0.15) is 4.99 Å². The number of hydrogen-bond donors (Lipinski definition) is 0. The lowest BCUT2D eigenvalue weighted by atomic mass is 10.1. The predicted molar refractivity (Wildman–Crippen MR) is 69.1 cm³/mol. The van der Waals surface area contributed by atoms with Crippen molar-refractivity contribution >= 4 is 23.1 Å². The summed E-state index contributed by atoms with van der Waals surface area (Å²) in [5.41, 5.74) is 4.00. The number of aliphatic imine (C=N–C) groups is 1. The van der Waals surface area contributed by atoms with E-state index in [0.717, 1.165) is 22.5 Å². The Balaban J connectivity index is 2.34. The minimum atomic E-state index is 0.811.